The number of imidazole rings is 1. The zero-order valence-corrected chi connectivity index (χ0v) is 22.2. The number of aryl methyl sites for hydroxylation is 1. The Morgan fingerprint density at radius 3 is 3.00 bits per heavy atom. The lowest BCUT2D eigenvalue weighted by Gasteiger charge is -2.19. The van der Waals surface area contributed by atoms with Crippen molar-refractivity contribution in [3.05, 3.63) is 59.8 Å². The van der Waals surface area contributed by atoms with Crippen molar-refractivity contribution in [1.29, 1.82) is 0 Å². The number of aromatic nitrogens is 3. The molecule has 0 unspecified atom stereocenters. The summed E-state index contributed by atoms with van der Waals surface area (Å²) in [6.45, 7) is 8.83. The zero-order chi connectivity index (χ0) is 27.6. The summed E-state index contributed by atoms with van der Waals surface area (Å²) < 4.78 is 34.8. The highest BCUT2D eigenvalue weighted by Crippen LogP contribution is 2.18. The van der Waals surface area contributed by atoms with E-state index in [-0.39, 0.29) is 12.2 Å². The Hall–Kier alpha value is -3.90. The van der Waals surface area contributed by atoms with E-state index in [1.54, 1.807) is 25.4 Å². The van der Waals surface area contributed by atoms with Gasteiger partial charge in [-0.05, 0) is 51.4 Å². The Morgan fingerprint density at radius 2 is 2.15 bits per heavy atom. The maximum Gasteiger partial charge on any atom is 0.246 e. The van der Waals surface area contributed by atoms with Crippen LogP contribution < -0.4 is 10.6 Å². The van der Waals surface area contributed by atoms with E-state index in [2.05, 4.69) is 30.6 Å². The quantitative estimate of drug-likeness (QED) is 0.217. The van der Waals surface area contributed by atoms with Gasteiger partial charge < -0.3 is 20.3 Å². The summed E-state index contributed by atoms with van der Waals surface area (Å²) in [4.78, 5) is 24.1. The number of nitrogens with one attached hydrogen (secondary N) is 2. The van der Waals surface area contributed by atoms with Crippen molar-refractivity contribution in [2.75, 3.05) is 56.6 Å². The zero-order valence-electron chi connectivity index (χ0n) is 22.2. The molecule has 1 aliphatic heterocycles. The predicted octanol–water partition coefficient (Wildman–Crippen LogP) is 3.76. The number of hydrazone groups is 1. The van der Waals surface area contributed by atoms with E-state index in [1.807, 2.05) is 17.5 Å². The summed E-state index contributed by atoms with van der Waals surface area (Å²) in [5.41, 5.74) is 2.04. The van der Waals surface area contributed by atoms with Gasteiger partial charge in [-0.15, -0.1) is 0 Å². The Morgan fingerprint density at radius 1 is 1.28 bits per heavy atom. The van der Waals surface area contributed by atoms with Crippen LogP contribution in [0.5, 0.6) is 0 Å². The topological polar surface area (TPSA) is 99.4 Å². The van der Waals surface area contributed by atoms with Crippen LogP contribution in [0.1, 0.15) is 31.2 Å². The molecule has 2 N–H and O–H groups in total. The smallest absolute Gasteiger partial charge is 0.246 e. The molecule has 3 aromatic rings. The molecule has 208 valence electrons. The highest BCUT2D eigenvalue weighted by molar-refractivity contribution is 5.92. The van der Waals surface area contributed by atoms with Gasteiger partial charge in [0.05, 0.1) is 29.9 Å². The number of carbonyl (C=O) groups is 1. The fraction of sp³-hybridized carbons (Fsp3) is 0.407. The van der Waals surface area contributed by atoms with Gasteiger partial charge in [0.2, 0.25) is 5.91 Å². The minimum absolute atomic E-state index is 0.204. The molecule has 10 nitrogen and oxygen atoms in total. The van der Waals surface area contributed by atoms with Crippen molar-refractivity contribution >= 4 is 35.4 Å². The summed E-state index contributed by atoms with van der Waals surface area (Å²) in [5.74, 6) is -1.99. The van der Waals surface area contributed by atoms with E-state index in [1.165, 1.54) is 23.4 Å². The third kappa shape index (κ3) is 7.80. The summed E-state index contributed by atoms with van der Waals surface area (Å²) in [7, 11) is 0. The van der Waals surface area contributed by atoms with Crippen molar-refractivity contribution in [3.63, 3.8) is 0 Å². The number of anilines is 2. The number of hydrogen-bond acceptors (Lipinski definition) is 8. The minimum Gasteiger partial charge on any atom is -0.380 e. The van der Waals surface area contributed by atoms with Gasteiger partial charge in [0.25, 0.3) is 0 Å². The molecular formula is C27H34F2N8O2. The second kappa shape index (κ2) is 13.8. The average molecular weight is 541 g/mol. The molecule has 0 saturated carbocycles. The molecule has 1 aromatic carbocycles. The maximum atomic E-state index is 13.9. The molecule has 0 aliphatic carbocycles. The van der Waals surface area contributed by atoms with Gasteiger partial charge in [-0.1, -0.05) is 6.07 Å². The number of benzene rings is 1. The predicted molar refractivity (Wildman–Crippen MR) is 148 cm³/mol. The van der Waals surface area contributed by atoms with Crippen LogP contribution in [0.4, 0.5) is 20.3 Å². The molecule has 3 heterocycles. The minimum atomic E-state index is -1.11. The van der Waals surface area contributed by atoms with Gasteiger partial charge in [-0.2, -0.15) is 5.10 Å². The lowest BCUT2D eigenvalue weighted by atomic mass is 10.3. The molecule has 1 saturated heterocycles. The number of nitrogens with zero attached hydrogens (tertiary/aromatic N) is 6. The van der Waals surface area contributed by atoms with Crippen LogP contribution in [0.25, 0.3) is 11.7 Å². The number of hydrogen-bond donors (Lipinski definition) is 2. The molecular weight excluding hydrogens is 506 g/mol. The molecule has 0 spiro atoms. The van der Waals surface area contributed by atoms with Crippen LogP contribution in [0.3, 0.4) is 0 Å². The molecule has 4 rings (SSSR count). The summed E-state index contributed by atoms with van der Waals surface area (Å²) in [6, 6.07) is 3.61. The van der Waals surface area contributed by atoms with Gasteiger partial charge >= 0.3 is 0 Å². The Labute approximate surface area is 226 Å². The van der Waals surface area contributed by atoms with Crippen LogP contribution >= 0.6 is 0 Å². The fourth-order valence-corrected chi connectivity index (χ4v) is 4.28. The maximum absolute atomic E-state index is 13.9. The monoisotopic (exact) mass is 540 g/mol. The third-order valence-corrected chi connectivity index (χ3v) is 6.11. The Balaban J connectivity index is 1.40. The van der Waals surface area contributed by atoms with Crippen molar-refractivity contribution in [2.24, 2.45) is 5.10 Å². The SMILES string of the molecule is C/C=N\N(/C=C/c1cnc2c(NCCCN3CCCOCC3)nc(C)cn12)CC(=O)Nc1cccc(F)c1F. The van der Waals surface area contributed by atoms with Gasteiger partial charge in [-0.25, -0.2) is 18.7 Å². The largest absolute Gasteiger partial charge is 0.380 e. The first-order valence-corrected chi connectivity index (χ1v) is 13.0. The molecule has 1 aliphatic rings. The van der Waals surface area contributed by atoms with Gasteiger partial charge in [0, 0.05) is 44.9 Å². The summed E-state index contributed by atoms with van der Waals surface area (Å²) >= 11 is 0. The van der Waals surface area contributed by atoms with E-state index < -0.39 is 17.5 Å². The first-order valence-electron chi connectivity index (χ1n) is 13.0. The van der Waals surface area contributed by atoms with Gasteiger partial charge in [0.1, 0.15) is 6.54 Å². The average Bonchev–Trinajstić information content (AvgIpc) is 3.13. The lowest BCUT2D eigenvalue weighted by Crippen LogP contribution is -2.28. The molecule has 0 atom stereocenters. The standard InChI is InChI=1S/C27H34F2N8O2/c1-3-32-36(19-24(38)34-23-8-4-7-22(28)25(23)29)13-9-21-17-31-27-26(33-20(2)18-37(21)27)30-10-5-11-35-12-6-15-39-16-14-35/h3-4,7-9,13,17-18H,5-6,10-12,14-16,19H2,1-2H3,(H,30,33)(H,34,38)/b13-9+,32-3-. The Bertz CT molecular complexity index is 1320. The van der Waals surface area contributed by atoms with E-state index in [0.717, 1.165) is 69.7 Å². The molecule has 0 radical (unpaired) electrons. The van der Waals surface area contributed by atoms with E-state index >= 15 is 0 Å². The molecule has 12 heteroatoms. The van der Waals surface area contributed by atoms with Crippen molar-refractivity contribution in [3.8, 4) is 0 Å². The summed E-state index contributed by atoms with van der Waals surface area (Å²) in [5, 5.41) is 11.4. The second-order valence-corrected chi connectivity index (χ2v) is 9.13. The normalized spacial score (nSPS) is 14.8. The number of halogens is 2. The fourth-order valence-electron chi connectivity index (χ4n) is 4.28. The van der Waals surface area contributed by atoms with Crippen molar-refractivity contribution in [1.82, 2.24) is 24.3 Å². The molecule has 39 heavy (non-hydrogen) atoms. The number of rotatable bonds is 11. The molecule has 1 amide bonds. The number of carbonyl (C=O) groups excluding carboxylic acids is 1. The van der Waals surface area contributed by atoms with Crippen LogP contribution in [0.2, 0.25) is 0 Å². The second-order valence-electron chi connectivity index (χ2n) is 9.13. The van der Waals surface area contributed by atoms with Crippen LogP contribution in [0, 0.1) is 18.6 Å². The number of fused-ring (bicyclic) bond motifs is 1. The highest BCUT2D eigenvalue weighted by Gasteiger charge is 2.14. The number of amides is 1. The lowest BCUT2D eigenvalue weighted by molar-refractivity contribution is -0.116. The molecule has 1 fully saturated rings. The first-order chi connectivity index (χ1) is 18.9. The van der Waals surface area contributed by atoms with Crippen molar-refractivity contribution < 1.29 is 18.3 Å². The van der Waals surface area contributed by atoms with Crippen molar-refractivity contribution in [2.45, 2.75) is 26.7 Å². The first kappa shape index (κ1) is 28.1. The van der Waals surface area contributed by atoms with E-state index in [4.69, 9.17) is 4.74 Å². The Kier molecular flexibility index (Phi) is 9.92. The van der Waals surface area contributed by atoms with Crippen LogP contribution in [-0.4, -0.2) is 82.3 Å². The summed E-state index contributed by atoms with van der Waals surface area (Å²) in [6.07, 6.45) is 10.6. The van der Waals surface area contributed by atoms with E-state index in [0.29, 0.717) is 11.5 Å². The third-order valence-electron chi connectivity index (χ3n) is 6.11. The van der Waals surface area contributed by atoms with Gasteiger partial charge in [-0.3, -0.25) is 14.2 Å². The molecule has 2 aromatic heterocycles. The van der Waals surface area contributed by atoms with Gasteiger partial charge in [0.15, 0.2) is 23.1 Å². The van der Waals surface area contributed by atoms with Crippen LogP contribution in [0.15, 0.2) is 41.9 Å². The van der Waals surface area contributed by atoms with Crippen LogP contribution in [-0.2, 0) is 9.53 Å². The highest BCUT2D eigenvalue weighted by atomic mass is 19.2. The molecule has 0 bridgehead atoms. The van der Waals surface area contributed by atoms with E-state index in [9.17, 15) is 13.6 Å². The number of ether oxygens (including phenoxy) is 1.